The second-order valence-corrected chi connectivity index (χ2v) is 6.02. The number of aromatic nitrogens is 1. The summed E-state index contributed by atoms with van der Waals surface area (Å²) in [4.78, 5) is 24.9. The number of halogens is 1. The summed E-state index contributed by atoms with van der Waals surface area (Å²) in [6.45, 7) is 3.13. The molecule has 0 aliphatic rings. The van der Waals surface area contributed by atoms with Gasteiger partial charge in [0.1, 0.15) is 0 Å². The molecule has 1 heterocycles. The predicted octanol–water partition coefficient (Wildman–Crippen LogP) is 4.03. The Morgan fingerprint density at radius 3 is 2.67 bits per heavy atom. The number of nitro groups is 1. The van der Waals surface area contributed by atoms with Gasteiger partial charge in [0.15, 0.2) is 0 Å². The number of amides is 1. The van der Waals surface area contributed by atoms with Gasteiger partial charge in [-0.1, -0.05) is 24.9 Å². The molecule has 0 unspecified atom stereocenters. The van der Waals surface area contributed by atoms with E-state index in [9.17, 15) is 14.9 Å². The number of hydrogen-bond acceptors (Lipinski definition) is 3. The number of nitro benzene ring substituents is 1. The molecule has 0 radical (unpaired) electrons. The van der Waals surface area contributed by atoms with Crippen molar-refractivity contribution in [3.63, 3.8) is 0 Å². The van der Waals surface area contributed by atoms with Crippen LogP contribution in [0, 0.1) is 10.1 Å². The third-order valence-corrected chi connectivity index (χ3v) is 4.18. The van der Waals surface area contributed by atoms with Crippen molar-refractivity contribution in [1.29, 1.82) is 0 Å². The summed E-state index contributed by atoms with van der Waals surface area (Å²) in [6.07, 6.45) is 3.77. The zero-order chi connectivity index (χ0) is 17.7. The van der Waals surface area contributed by atoms with Crippen LogP contribution in [0.3, 0.4) is 0 Å². The molecule has 6 nitrogen and oxygen atoms in total. The van der Waals surface area contributed by atoms with Crippen molar-refractivity contribution >= 4 is 23.2 Å². The van der Waals surface area contributed by atoms with Crippen LogP contribution in [0.5, 0.6) is 0 Å². The number of non-ortho nitro benzene ring substituents is 1. The first kappa shape index (κ1) is 18.0. The number of aryl methyl sites for hydroxylation is 1. The lowest BCUT2D eigenvalue weighted by Crippen LogP contribution is -2.32. The molecule has 1 aromatic heterocycles. The van der Waals surface area contributed by atoms with Crippen LogP contribution in [0.25, 0.3) is 0 Å². The Kier molecular flexibility index (Phi) is 5.98. The lowest BCUT2D eigenvalue weighted by Gasteiger charge is -2.23. The molecular formula is C17H20ClN3O3. The highest BCUT2D eigenvalue weighted by molar-refractivity contribution is 6.34. The molecule has 2 aromatic rings. The molecule has 1 amide bonds. The summed E-state index contributed by atoms with van der Waals surface area (Å²) in [5, 5.41) is 10.9. The van der Waals surface area contributed by atoms with Crippen LogP contribution in [0.15, 0.2) is 36.5 Å². The summed E-state index contributed by atoms with van der Waals surface area (Å²) < 4.78 is 1.96. The molecule has 1 aromatic carbocycles. The molecule has 0 atom stereocenters. The average molecular weight is 350 g/mol. The van der Waals surface area contributed by atoms with E-state index in [0.29, 0.717) is 13.1 Å². The van der Waals surface area contributed by atoms with Crippen LogP contribution < -0.4 is 0 Å². The highest BCUT2D eigenvalue weighted by atomic mass is 35.5. The van der Waals surface area contributed by atoms with Crippen molar-refractivity contribution in [2.45, 2.75) is 26.3 Å². The normalized spacial score (nSPS) is 10.6. The summed E-state index contributed by atoms with van der Waals surface area (Å²) in [5.74, 6) is -0.218. The number of unbranched alkanes of at least 4 members (excludes halogenated alkanes) is 1. The van der Waals surface area contributed by atoms with Gasteiger partial charge in [-0.15, -0.1) is 0 Å². The van der Waals surface area contributed by atoms with Gasteiger partial charge in [0.25, 0.3) is 11.6 Å². The van der Waals surface area contributed by atoms with Crippen LogP contribution >= 0.6 is 11.6 Å². The fourth-order valence-electron chi connectivity index (χ4n) is 2.42. The molecule has 0 aliphatic heterocycles. The van der Waals surface area contributed by atoms with E-state index in [4.69, 9.17) is 11.6 Å². The minimum Gasteiger partial charge on any atom is -0.353 e. The summed E-state index contributed by atoms with van der Waals surface area (Å²) >= 11 is 6.10. The monoisotopic (exact) mass is 349 g/mol. The quantitative estimate of drug-likeness (QED) is 0.559. The highest BCUT2D eigenvalue weighted by Gasteiger charge is 2.21. The molecule has 0 fully saturated rings. The van der Waals surface area contributed by atoms with Crippen LogP contribution in [0.4, 0.5) is 5.69 Å². The zero-order valence-corrected chi connectivity index (χ0v) is 14.5. The molecule has 0 N–H and O–H groups in total. The van der Waals surface area contributed by atoms with E-state index in [-0.39, 0.29) is 22.2 Å². The molecule has 0 saturated carbocycles. The van der Waals surface area contributed by atoms with Gasteiger partial charge in [-0.3, -0.25) is 14.9 Å². The van der Waals surface area contributed by atoms with Crippen LogP contribution in [0.2, 0.25) is 5.02 Å². The summed E-state index contributed by atoms with van der Waals surface area (Å²) in [6, 6.07) is 7.84. The smallest absolute Gasteiger partial charge is 0.270 e. The van der Waals surface area contributed by atoms with Gasteiger partial charge in [-0.05, 0) is 24.6 Å². The number of carbonyl (C=O) groups is 1. The van der Waals surface area contributed by atoms with Crippen molar-refractivity contribution in [1.82, 2.24) is 9.47 Å². The van der Waals surface area contributed by atoms with Gasteiger partial charge in [-0.25, -0.2) is 0 Å². The molecule has 2 rings (SSSR count). The average Bonchev–Trinajstić information content (AvgIpc) is 2.95. The van der Waals surface area contributed by atoms with Crippen molar-refractivity contribution < 1.29 is 9.72 Å². The molecule has 7 heteroatoms. The largest absolute Gasteiger partial charge is 0.353 e. The molecule has 0 saturated heterocycles. The molecule has 0 spiro atoms. The second-order valence-electron chi connectivity index (χ2n) is 5.61. The standard InChI is InChI=1S/C17H20ClN3O3/c1-3-4-10-20(12-14-6-5-9-19(14)2)17(22)15-8-7-13(21(23)24)11-16(15)18/h5-9,11H,3-4,10,12H2,1-2H3. The first-order valence-electron chi connectivity index (χ1n) is 7.77. The Morgan fingerprint density at radius 2 is 2.12 bits per heavy atom. The minimum absolute atomic E-state index is 0.0996. The Hall–Kier alpha value is -2.34. The summed E-state index contributed by atoms with van der Waals surface area (Å²) in [7, 11) is 1.93. The predicted molar refractivity (Wildman–Crippen MR) is 93.2 cm³/mol. The first-order valence-corrected chi connectivity index (χ1v) is 8.15. The van der Waals surface area contributed by atoms with Crippen molar-refractivity contribution in [3.05, 3.63) is 62.9 Å². The van der Waals surface area contributed by atoms with Gasteiger partial charge in [0.2, 0.25) is 0 Å². The summed E-state index contributed by atoms with van der Waals surface area (Å²) in [5.41, 5.74) is 1.17. The van der Waals surface area contributed by atoms with Crippen molar-refractivity contribution in [2.24, 2.45) is 7.05 Å². The maximum Gasteiger partial charge on any atom is 0.270 e. The van der Waals surface area contributed by atoms with Gasteiger partial charge in [-0.2, -0.15) is 0 Å². The third-order valence-electron chi connectivity index (χ3n) is 3.87. The SMILES string of the molecule is CCCCN(Cc1cccn1C)C(=O)c1ccc([N+](=O)[O-])cc1Cl. The Labute approximate surface area is 145 Å². The molecule has 0 bridgehead atoms. The minimum atomic E-state index is -0.529. The van der Waals surface area contributed by atoms with Gasteiger partial charge < -0.3 is 9.47 Å². The fraction of sp³-hybridized carbons (Fsp3) is 0.353. The van der Waals surface area contributed by atoms with Gasteiger partial charge in [0.05, 0.1) is 22.1 Å². The number of benzene rings is 1. The Balaban J connectivity index is 2.26. The second kappa shape index (κ2) is 7.97. The van der Waals surface area contributed by atoms with E-state index in [1.165, 1.54) is 18.2 Å². The highest BCUT2D eigenvalue weighted by Crippen LogP contribution is 2.24. The zero-order valence-electron chi connectivity index (χ0n) is 13.7. The van der Waals surface area contributed by atoms with Crippen LogP contribution in [-0.4, -0.2) is 26.8 Å². The Bertz CT molecular complexity index is 742. The van der Waals surface area contributed by atoms with E-state index in [0.717, 1.165) is 18.5 Å². The van der Waals surface area contributed by atoms with Crippen molar-refractivity contribution in [2.75, 3.05) is 6.54 Å². The third kappa shape index (κ3) is 4.14. The van der Waals surface area contributed by atoms with E-state index >= 15 is 0 Å². The van der Waals surface area contributed by atoms with Gasteiger partial charge >= 0.3 is 0 Å². The van der Waals surface area contributed by atoms with Crippen molar-refractivity contribution in [3.8, 4) is 0 Å². The number of carbonyl (C=O) groups excluding carboxylic acids is 1. The molecule has 0 aliphatic carbocycles. The lowest BCUT2D eigenvalue weighted by atomic mass is 10.1. The fourth-order valence-corrected chi connectivity index (χ4v) is 2.67. The number of hydrogen-bond donors (Lipinski definition) is 0. The topological polar surface area (TPSA) is 68.4 Å². The lowest BCUT2D eigenvalue weighted by molar-refractivity contribution is -0.384. The van der Waals surface area contributed by atoms with Crippen LogP contribution in [-0.2, 0) is 13.6 Å². The Morgan fingerprint density at radius 1 is 1.38 bits per heavy atom. The first-order chi connectivity index (χ1) is 11.4. The van der Waals surface area contributed by atoms with E-state index in [1.54, 1.807) is 4.90 Å². The number of nitrogens with zero attached hydrogens (tertiary/aromatic N) is 3. The molecule has 24 heavy (non-hydrogen) atoms. The van der Waals surface area contributed by atoms with E-state index in [1.807, 2.05) is 29.9 Å². The van der Waals surface area contributed by atoms with Gasteiger partial charge in [0, 0.05) is 37.6 Å². The maximum atomic E-state index is 12.9. The maximum absolute atomic E-state index is 12.9. The molecule has 128 valence electrons. The van der Waals surface area contributed by atoms with E-state index < -0.39 is 4.92 Å². The number of rotatable bonds is 7. The van der Waals surface area contributed by atoms with E-state index in [2.05, 4.69) is 6.92 Å². The molecular weight excluding hydrogens is 330 g/mol. The van der Waals surface area contributed by atoms with Crippen LogP contribution in [0.1, 0.15) is 35.8 Å².